The number of carbonyl (C=O) groups is 1. The average Bonchev–Trinajstić information content (AvgIpc) is 3.11. The van der Waals surface area contributed by atoms with Crippen LogP contribution in [0, 0.1) is 13.8 Å². The Labute approximate surface area is 188 Å². The lowest BCUT2D eigenvalue weighted by molar-refractivity contribution is -0.118. The van der Waals surface area contributed by atoms with Crippen molar-refractivity contribution in [3.63, 3.8) is 0 Å². The first-order valence-electron chi connectivity index (χ1n) is 10.7. The van der Waals surface area contributed by atoms with Crippen molar-refractivity contribution in [1.29, 1.82) is 0 Å². The van der Waals surface area contributed by atoms with Gasteiger partial charge in [-0.1, -0.05) is 56.7 Å². The maximum Gasteiger partial charge on any atom is 0.263 e. The van der Waals surface area contributed by atoms with Crippen molar-refractivity contribution in [2.45, 2.75) is 40.0 Å². The molecule has 1 amide bonds. The van der Waals surface area contributed by atoms with Crippen LogP contribution in [0.25, 0.3) is 16.7 Å². The van der Waals surface area contributed by atoms with E-state index in [2.05, 4.69) is 49.2 Å². The summed E-state index contributed by atoms with van der Waals surface area (Å²) < 4.78 is 7.55. The molecule has 0 atom stereocenters. The van der Waals surface area contributed by atoms with Gasteiger partial charge in [-0.15, -0.1) is 0 Å². The summed E-state index contributed by atoms with van der Waals surface area (Å²) in [6, 6.07) is 19.6. The number of aryl methyl sites for hydroxylation is 2. The Kier molecular flexibility index (Phi) is 5.70. The summed E-state index contributed by atoms with van der Waals surface area (Å²) in [5.74, 6) is 1.66. The van der Waals surface area contributed by atoms with Crippen molar-refractivity contribution in [2.24, 2.45) is 0 Å². The third-order valence-electron chi connectivity index (χ3n) is 5.20. The van der Waals surface area contributed by atoms with Gasteiger partial charge in [0.05, 0.1) is 11.2 Å². The van der Waals surface area contributed by atoms with E-state index in [1.165, 1.54) is 0 Å². The number of carbonyl (C=O) groups excluding carboxylic acids is 1. The highest BCUT2D eigenvalue weighted by molar-refractivity contribution is 5.91. The molecule has 0 aliphatic heterocycles. The van der Waals surface area contributed by atoms with Gasteiger partial charge in [-0.25, -0.2) is 4.98 Å². The largest absolute Gasteiger partial charge is 0.483 e. The molecule has 1 N–H and O–H groups in total. The summed E-state index contributed by atoms with van der Waals surface area (Å²) in [4.78, 5) is 17.4. The van der Waals surface area contributed by atoms with Gasteiger partial charge in [0, 0.05) is 11.5 Å². The van der Waals surface area contributed by atoms with Crippen LogP contribution in [-0.4, -0.2) is 27.3 Å². The first-order valence-corrected chi connectivity index (χ1v) is 10.7. The number of anilines is 1. The fourth-order valence-corrected chi connectivity index (χ4v) is 3.61. The van der Waals surface area contributed by atoms with E-state index in [1.807, 2.05) is 61.5 Å². The van der Waals surface area contributed by atoms with Gasteiger partial charge in [-0.2, -0.15) is 9.78 Å². The number of nitrogens with zero attached hydrogens (tertiary/aromatic N) is 3. The predicted octanol–water partition coefficient (Wildman–Crippen LogP) is 5.35. The third-order valence-corrected chi connectivity index (χ3v) is 5.20. The normalized spacial score (nSPS) is 11.5. The Morgan fingerprint density at radius 2 is 1.81 bits per heavy atom. The molecule has 6 heteroatoms. The number of benzene rings is 2. The molecule has 0 radical (unpaired) electrons. The van der Waals surface area contributed by atoms with E-state index in [-0.39, 0.29) is 17.9 Å². The molecule has 0 unspecified atom stereocenters. The minimum absolute atomic E-state index is 0.0880. The fourth-order valence-electron chi connectivity index (χ4n) is 3.61. The lowest BCUT2D eigenvalue weighted by Crippen LogP contribution is -2.23. The Hall–Kier alpha value is -3.67. The number of para-hydroxylation sites is 1. The van der Waals surface area contributed by atoms with E-state index in [4.69, 9.17) is 4.74 Å². The summed E-state index contributed by atoms with van der Waals surface area (Å²) in [5, 5.41) is 8.48. The molecule has 164 valence electrons. The molecule has 2 heterocycles. The molecule has 0 saturated heterocycles. The summed E-state index contributed by atoms with van der Waals surface area (Å²) in [5.41, 5.74) is 3.80. The number of rotatable bonds is 5. The molecular weight excluding hydrogens is 400 g/mol. The van der Waals surface area contributed by atoms with Gasteiger partial charge >= 0.3 is 0 Å². The molecule has 6 nitrogen and oxygen atoms in total. The van der Waals surface area contributed by atoms with E-state index in [0.717, 1.165) is 33.5 Å². The minimum atomic E-state index is -0.257. The van der Waals surface area contributed by atoms with Gasteiger partial charge in [0.1, 0.15) is 11.6 Å². The average molecular weight is 429 g/mol. The Bertz CT molecular complexity index is 1280. The summed E-state index contributed by atoms with van der Waals surface area (Å²) in [7, 11) is 0. The number of fused-ring (bicyclic) bond motifs is 1. The number of amides is 1. The van der Waals surface area contributed by atoms with Crippen LogP contribution in [0.4, 0.5) is 5.82 Å². The predicted molar refractivity (Wildman–Crippen MR) is 128 cm³/mol. The van der Waals surface area contributed by atoms with Gasteiger partial charge in [0.2, 0.25) is 0 Å². The monoisotopic (exact) mass is 428 g/mol. The van der Waals surface area contributed by atoms with Crippen molar-refractivity contribution in [1.82, 2.24) is 14.8 Å². The van der Waals surface area contributed by atoms with Crippen LogP contribution in [-0.2, 0) is 10.2 Å². The molecule has 4 aromatic rings. The summed E-state index contributed by atoms with van der Waals surface area (Å²) in [6.45, 7) is 10.2. The second kappa shape index (κ2) is 8.46. The van der Waals surface area contributed by atoms with Crippen LogP contribution in [0.1, 0.15) is 37.6 Å². The number of hydrogen-bond acceptors (Lipinski definition) is 4. The second-order valence-corrected chi connectivity index (χ2v) is 9.03. The lowest BCUT2D eigenvalue weighted by Gasteiger charge is -2.23. The van der Waals surface area contributed by atoms with Crippen LogP contribution in [0.5, 0.6) is 5.75 Å². The van der Waals surface area contributed by atoms with Crippen molar-refractivity contribution in [2.75, 3.05) is 11.9 Å². The van der Waals surface area contributed by atoms with Crippen molar-refractivity contribution in [3.05, 3.63) is 77.5 Å². The van der Waals surface area contributed by atoms with E-state index in [1.54, 1.807) is 4.68 Å². The molecule has 0 spiro atoms. The standard InChI is InChI=1S/C26H28N4O2/c1-17-10-12-22(20(14-17)26(3,4)5)32-16-25(31)28-24-15-18(2)29-30(24)23-13-11-19-8-6-7-9-21(19)27-23/h6-15H,16H2,1-5H3,(H,28,31). The number of aromatic nitrogens is 3. The number of nitrogens with one attached hydrogen (secondary N) is 1. The Balaban J connectivity index is 1.53. The Morgan fingerprint density at radius 1 is 1.03 bits per heavy atom. The van der Waals surface area contributed by atoms with Gasteiger partial charge in [0.25, 0.3) is 5.91 Å². The van der Waals surface area contributed by atoms with Crippen LogP contribution in [0.2, 0.25) is 0 Å². The molecule has 2 aromatic carbocycles. The van der Waals surface area contributed by atoms with E-state index >= 15 is 0 Å². The lowest BCUT2D eigenvalue weighted by atomic mass is 9.85. The zero-order valence-electron chi connectivity index (χ0n) is 19.1. The van der Waals surface area contributed by atoms with Gasteiger partial charge < -0.3 is 10.1 Å². The molecule has 4 rings (SSSR count). The second-order valence-electron chi connectivity index (χ2n) is 9.03. The first-order chi connectivity index (χ1) is 15.2. The highest BCUT2D eigenvalue weighted by Crippen LogP contribution is 2.32. The highest BCUT2D eigenvalue weighted by atomic mass is 16.5. The molecule has 0 saturated carbocycles. The quantitative estimate of drug-likeness (QED) is 0.465. The molecule has 0 bridgehead atoms. The molecule has 0 aliphatic carbocycles. The zero-order chi connectivity index (χ0) is 22.9. The van der Waals surface area contributed by atoms with Gasteiger partial charge in [-0.05, 0) is 49.1 Å². The molecule has 0 fully saturated rings. The smallest absolute Gasteiger partial charge is 0.263 e. The SMILES string of the molecule is Cc1ccc(OCC(=O)Nc2cc(C)nn2-c2ccc3ccccc3n2)c(C(C)(C)C)c1. The van der Waals surface area contributed by atoms with Crippen molar-refractivity contribution >= 4 is 22.6 Å². The number of pyridine rings is 1. The van der Waals surface area contributed by atoms with Gasteiger partial charge in [-0.3, -0.25) is 4.79 Å². The molecular formula is C26H28N4O2. The van der Waals surface area contributed by atoms with E-state index in [9.17, 15) is 4.79 Å². The maximum absolute atomic E-state index is 12.7. The summed E-state index contributed by atoms with van der Waals surface area (Å²) >= 11 is 0. The molecule has 0 aliphatic rings. The Morgan fingerprint density at radius 3 is 2.59 bits per heavy atom. The molecule has 32 heavy (non-hydrogen) atoms. The topological polar surface area (TPSA) is 69.0 Å². The van der Waals surface area contributed by atoms with Crippen LogP contribution >= 0.6 is 0 Å². The van der Waals surface area contributed by atoms with Crippen molar-refractivity contribution in [3.8, 4) is 11.6 Å². The maximum atomic E-state index is 12.7. The zero-order valence-corrected chi connectivity index (χ0v) is 19.1. The minimum Gasteiger partial charge on any atom is -0.483 e. The van der Waals surface area contributed by atoms with Crippen LogP contribution in [0.15, 0.2) is 60.7 Å². The van der Waals surface area contributed by atoms with Gasteiger partial charge in [0.15, 0.2) is 12.4 Å². The fraction of sp³-hybridized carbons (Fsp3) is 0.269. The first kappa shape index (κ1) is 21.6. The van der Waals surface area contributed by atoms with E-state index in [0.29, 0.717) is 11.6 Å². The van der Waals surface area contributed by atoms with Crippen molar-refractivity contribution < 1.29 is 9.53 Å². The van der Waals surface area contributed by atoms with E-state index < -0.39 is 0 Å². The molecule has 2 aromatic heterocycles. The highest BCUT2D eigenvalue weighted by Gasteiger charge is 2.20. The third kappa shape index (κ3) is 4.64. The number of hydrogen-bond donors (Lipinski definition) is 1. The number of ether oxygens (including phenoxy) is 1. The summed E-state index contributed by atoms with van der Waals surface area (Å²) in [6.07, 6.45) is 0. The van der Waals surface area contributed by atoms with Crippen LogP contribution < -0.4 is 10.1 Å². The van der Waals surface area contributed by atoms with Crippen LogP contribution in [0.3, 0.4) is 0 Å².